The van der Waals surface area contributed by atoms with Gasteiger partial charge >= 0.3 is 0 Å². The Labute approximate surface area is 171 Å². The summed E-state index contributed by atoms with van der Waals surface area (Å²) < 4.78 is 18.8. The van der Waals surface area contributed by atoms with Crippen LogP contribution in [0.15, 0.2) is 53.9 Å². The van der Waals surface area contributed by atoms with E-state index in [1.54, 1.807) is 17.0 Å². The summed E-state index contributed by atoms with van der Waals surface area (Å²) in [7, 11) is 0. The van der Waals surface area contributed by atoms with E-state index >= 15 is 0 Å². The van der Waals surface area contributed by atoms with Crippen molar-refractivity contribution in [2.45, 2.75) is 25.5 Å². The summed E-state index contributed by atoms with van der Waals surface area (Å²) in [6.45, 7) is 0.887. The first-order chi connectivity index (χ1) is 13.6. The number of thiazole rings is 1. The van der Waals surface area contributed by atoms with Gasteiger partial charge in [0.2, 0.25) is 0 Å². The number of benzene rings is 2. The molecule has 4 rings (SSSR count). The minimum atomic E-state index is -0.465. The number of hydrogen-bond acceptors (Lipinski definition) is 4. The Hall–Kier alpha value is -2.28. The number of amides is 1. The second-order valence-electron chi connectivity index (χ2n) is 6.55. The molecule has 144 valence electrons. The highest BCUT2D eigenvalue weighted by Gasteiger charge is 2.31. The smallest absolute Gasteiger partial charge is 0.258 e. The second-order valence-corrected chi connectivity index (χ2v) is 7.79. The Morgan fingerprint density at radius 2 is 2.04 bits per heavy atom. The monoisotopic (exact) mass is 416 g/mol. The first-order valence-corrected chi connectivity index (χ1v) is 10.3. The SMILES string of the molecule is O=C([C@H]1CCCO1)N(Cc1ccc(F)cc1)c1nc(-c2ccccc2Cl)cs1. The number of hydrogen-bond donors (Lipinski definition) is 0. The molecule has 1 saturated heterocycles. The fourth-order valence-electron chi connectivity index (χ4n) is 3.14. The minimum absolute atomic E-state index is 0.123. The van der Waals surface area contributed by atoms with Crippen LogP contribution in [0, 0.1) is 5.82 Å². The molecule has 1 aliphatic rings. The molecule has 28 heavy (non-hydrogen) atoms. The molecule has 0 spiro atoms. The summed E-state index contributed by atoms with van der Waals surface area (Å²) in [5.74, 6) is -0.433. The molecule has 0 bridgehead atoms. The maximum absolute atomic E-state index is 13.3. The summed E-state index contributed by atoms with van der Waals surface area (Å²) in [5.41, 5.74) is 2.36. The number of rotatable bonds is 5. The van der Waals surface area contributed by atoms with Gasteiger partial charge in [-0.3, -0.25) is 9.69 Å². The zero-order valence-electron chi connectivity index (χ0n) is 15.0. The first-order valence-electron chi connectivity index (χ1n) is 8.99. The Morgan fingerprint density at radius 3 is 2.75 bits per heavy atom. The third-order valence-corrected chi connectivity index (χ3v) is 5.79. The van der Waals surface area contributed by atoms with Gasteiger partial charge in [0.1, 0.15) is 11.9 Å². The Balaban J connectivity index is 1.65. The van der Waals surface area contributed by atoms with Crippen LogP contribution >= 0.6 is 22.9 Å². The molecule has 1 aromatic heterocycles. The van der Waals surface area contributed by atoms with Crippen LogP contribution in [0.25, 0.3) is 11.3 Å². The molecule has 1 fully saturated rings. The van der Waals surface area contributed by atoms with Crippen molar-refractivity contribution >= 4 is 34.0 Å². The fraction of sp³-hybridized carbons (Fsp3) is 0.238. The number of nitrogens with zero attached hydrogens (tertiary/aromatic N) is 2. The van der Waals surface area contributed by atoms with Crippen molar-refractivity contribution in [1.29, 1.82) is 0 Å². The van der Waals surface area contributed by atoms with Gasteiger partial charge in [0.05, 0.1) is 12.2 Å². The quantitative estimate of drug-likeness (QED) is 0.565. The van der Waals surface area contributed by atoms with Gasteiger partial charge in [-0.1, -0.05) is 41.9 Å². The molecular weight excluding hydrogens is 399 g/mol. The van der Waals surface area contributed by atoms with E-state index in [1.165, 1.54) is 23.5 Å². The third kappa shape index (κ3) is 4.09. The number of ether oxygens (including phenoxy) is 1. The van der Waals surface area contributed by atoms with Gasteiger partial charge < -0.3 is 4.74 Å². The number of halogens is 2. The molecule has 0 unspecified atom stereocenters. The van der Waals surface area contributed by atoms with Crippen molar-refractivity contribution in [1.82, 2.24) is 4.98 Å². The number of carbonyl (C=O) groups excluding carboxylic acids is 1. The van der Waals surface area contributed by atoms with Gasteiger partial charge in [0, 0.05) is 22.6 Å². The molecule has 2 aromatic carbocycles. The largest absolute Gasteiger partial charge is 0.368 e. The van der Waals surface area contributed by atoms with Crippen LogP contribution in [0.3, 0.4) is 0 Å². The Bertz CT molecular complexity index is 971. The Morgan fingerprint density at radius 1 is 1.25 bits per heavy atom. The highest BCUT2D eigenvalue weighted by Crippen LogP contribution is 2.33. The van der Waals surface area contributed by atoms with Gasteiger partial charge in [-0.15, -0.1) is 11.3 Å². The lowest BCUT2D eigenvalue weighted by atomic mass is 10.1. The van der Waals surface area contributed by atoms with Crippen molar-refractivity contribution in [3.05, 3.63) is 70.3 Å². The number of carbonyl (C=O) groups is 1. The predicted molar refractivity (Wildman–Crippen MR) is 109 cm³/mol. The zero-order chi connectivity index (χ0) is 19.5. The van der Waals surface area contributed by atoms with Crippen LogP contribution < -0.4 is 4.90 Å². The molecular formula is C21H18ClFN2O2S. The van der Waals surface area contributed by atoms with E-state index in [0.717, 1.165) is 23.2 Å². The van der Waals surface area contributed by atoms with Crippen molar-refractivity contribution in [2.24, 2.45) is 0 Å². The highest BCUT2D eigenvalue weighted by atomic mass is 35.5. The molecule has 0 aliphatic carbocycles. The van der Waals surface area contributed by atoms with Crippen molar-refractivity contribution < 1.29 is 13.9 Å². The lowest BCUT2D eigenvalue weighted by Crippen LogP contribution is -2.38. The molecule has 0 radical (unpaired) electrons. The minimum Gasteiger partial charge on any atom is -0.368 e. The molecule has 1 atom stereocenters. The van der Waals surface area contributed by atoms with Crippen LogP contribution in [0.4, 0.5) is 9.52 Å². The van der Waals surface area contributed by atoms with Gasteiger partial charge in [-0.2, -0.15) is 0 Å². The maximum atomic E-state index is 13.3. The average Bonchev–Trinajstić information content (AvgIpc) is 3.40. The van der Waals surface area contributed by atoms with Gasteiger partial charge in [0.25, 0.3) is 5.91 Å². The highest BCUT2D eigenvalue weighted by molar-refractivity contribution is 7.14. The normalized spacial score (nSPS) is 16.3. The van der Waals surface area contributed by atoms with E-state index in [9.17, 15) is 9.18 Å². The van der Waals surface area contributed by atoms with Crippen LogP contribution in [-0.4, -0.2) is 23.6 Å². The summed E-state index contributed by atoms with van der Waals surface area (Å²) in [6, 6.07) is 13.6. The number of anilines is 1. The lowest BCUT2D eigenvalue weighted by molar-refractivity contribution is -0.127. The van der Waals surface area contributed by atoms with Crippen LogP contribution in [0.5, 0.6) is 0 Å². The second kappa shape index (κ2) is 8.39. The molecule has 7 heteroatoms. The lowest BCUT2D eigenvalue weighted by Gasteiger charge is -2.23. The molecule has 0 N–H and O–H groups in total. The van der Waals surface area contributed by atoms with E-state index in [0.29, 0.717) is 29.7 Å². The van der Waals surface area contributed by atoms with Gasteiger partial charge in [0.15, 0.2) is 5.13 Å². The fourth-order valence-corrected chi connectivity index (χ4v) is 4.20. The summed E-state index contributed by atoms with van der Waals surface area (Å²) in [5, 5.41) is 3.06. The third-order valence-electron chi connectivity index (χ3n) is 4.60. The molecule has 4 nitrogen and oxygen atoms in total. The van der Waals surface area contributed by atoms with E-state index < -0.39 is 6.10 Å². The topological polar surface area (TPSA) is 42.4 Å². The van der Waals surface area contributed by atoms with E-state index in [2.05, 4.69) is 4.98 Å². The maximum Gasteiger partial charge on any atom is 0.258 e. The predicted octanol–water partition coefficient (Wildman–Crippen LogP) is 5.31. The van der Waals surface area contributed by atoms with Gasteiger partial charge in [-0.05, 0) is 36.6 Å². The van der Waals surface area contributed by atoms with Crippen LogP contribution in [0.1, 0.15) is 18.4 Å². The summed E-state index contributed by atoms with van der Waals surface area (Å²) in [4.78, 5) is 19.4. The van der Waals surface area contributed by atoms with Crippen molar-refractivity contribution in [3.8, 4) is 11.3 Å². The van der Waals surface area contributed by atoms with Crippen molar-refractivity contribution in [2.75, 3.05) is 11.5 Å². The average molecular weight is 417 g/mol. The summed E-state index contributed by atoms with van der Waals surface area (Å²) >= 11 is 7.66. The molecule has 3 aromatic rings. The van der Waals surface area contributed by atoms with E-state index in [-0.39, 0.29) is 11.7 Å². The molecule has 1 amide bonds. The zero-order valence-corrected chi connectivity index (χ0v) is 16.5. The molecule has 2 heterocycles. The summed E-state index contributed by atoms with van der Waals surface area (Å²) in [6.07, 6.45) is 1.10. The Kier molecular flexibility index (Phi) is 5.71. The van der Waals surface area contributed by atoms with E-state index in [1.807, 2.05) is 29.6 Å². The molecule has 0 saturated carbocycles. The molecule has 1 aliphatic heterocycles. The standard InChI is InChI=1S/C21H18ClFN2O2S/c22-17-5-2-1-4-16(17)18-13-28-21(24-18)25(20(26)19-6-3-11-27-19)12-14-7-9-15(23)10-8-14/h1-2,4-5,7-10,13,19H,3,6,11-12H2/t19-/m1/s1. The van der Waals surface area contributed by atoms with Crippen LogP contribution in [-0.2, 0) is 16.1 Å². The van der Waals surface area contributed by atoms with E-state index in [4.69, 9.17) is 16.3 Å². The van der Waals surface area contributed by atoms with Crippen LogP contribution in [0.2, 0.25) is 5.02 Å². The van der Waals surface area contributed by atoms with Gasteiger partial charge in [-0.25, -0.2) is 9.37 Å². The number of aromatic nitrogens is 1. The van der Waals surface area contributed by atoms with Crippen molar-refractivity contribution in [3.63, 3.8) is 0 Å². The first kappa shape index (κ1) is 19.1.